The van der Waals surface area contributed by atoms with Crippen LogP contribution in [0.4, 0.5) is 0 Å². The molecule has 0 bridgehead atoms. The van der Waals surface area contributed by atoms with Gasteiger partial charge in [0.05, 0.1) is 12.5 Å². The summed E-state index contributed by atoms with van der Waals surface area (Å²) >= 11 is 0. The molecule has 1 unspecified atom stereocenters. The normalized spacial score (nSPS) is 21.0. The third kappa shape index (κ3) is 4.44. The summed E-state index contributed by atoms with van der Waals surface area (Å²) in [4.78, 5) is 16.0. The van der Waals surface area contributed by atoms with Crippen LogP contribution in [-0.2, 0) is 11.3 Å². The van der Waals surface area contributed by atoms with Crippen molar-refractivity contribution in [3.8, 4) is 5.75 Å². The quantitative estimate of drug-likeness (QED) is 0.877. The van der Waals surface area contributed by atoms with Crippen LogP contribution in [0.15, 0.2) is 24.3 Å². The number of nitrogens with zero attached hydrogens (tertiary/aromatic N) is 2. The van der Waals surface area contributed by atoms with Crippen LogP contribution in [0, 0.1) is 5.92 Å². The number of nitrogens with two attached hydrogens (primary N) is 1. The molecule has 1 aliphatic heterocycles. The first kappa shape index (κ1) is 15.8. The number of primary amides is 1. The summed E-state index contributed by atoms with van der Waals surface area (Å²) in [6.45, 7) is 6.75. The van der Waals surface area contributed by atoms with Crippen molar-refractivity contribution in [1.82, 2.24) is 9.80 Å². The molecule has 5 heteroatoms. The molecule has 0 aliphatic carbocycles. The molecule has 1 amide bonds. The molecule has 1 aliphatic rings. The van der Waals surface area contributed by atoms with E-state index in [0.29, 0.717) is 13.2 Å². The minimum absolute atomic E-state index is 0.114. The van der Waals surface area contributed by atoms with Gasteiger partial charge in [-0.25, -0.2) is 0 Å². The number of carbonyl (C=O) groups excluding carboxylic acids is 1. The number of rotatable bonds is 5. The summed E-state index contributed by atoms with van der Waals surface area (Å²) in [5, 5.41) is 0. The predicted molar refractivity (Wildman–Crippen MR) is 83.1 cm³/mol. The van der Waals surface area contributed by atoms with Crippen molar-refractivity contribution in [2.75, 3.05) is 39.8 Å². The fourth-order valence-electron chi connectivity index (χ4n) is 2.74. The van der Waals surface area contributed by atoms with E-state index in [0.717, 1.165) is 37.5 Å². The molecule has 1 saturated heterocycles. The molecule has 1 aromatic carbocycles. The lowest BCUT2D eigenvalue weighted by atomic mass is 10.1. The van der Waals surface area contributed by atoms with Crippen molar-refractivity contribution in [2.24, 2.45) is 11.7 Å². The van der Waals surface area contributed by atoms with Gasteiger partial charge in [-0.2, -0.15) is 0 Å². The van der Waals surface area contributed by atoms with Gasteiger partial charge in [-0.15, -0.1) is 0 Å². The van der Waals surface area contributed by atoms with Crippen molar-refractivity contribution >= 4 is 5.91 Å². The van der Waals surface area contributed by atoms with Gasteiger partial charge < -0.3 is 15.4 Å². The molecule has 5 nitrogen and oxygen atoms in total. The second-order valence-electron chi connectivity index (χ2n) is 5.64. The molecule has 0 saturated carbocycles. The summed E-state index contributed by atoms with van der Waals surface area (Å²) < 4.78 is 5.68. The van der Waals surface area contributed by atoms with Crippen molar-refractivity contribution in [1.29, 1.82) is 0 Å². The highest BCUT2D eigenvalue weighted by Gasteiger charge is 2.25. The highest BCUT2D eigenvalue weighted by atomic mass is 16.5. The molecule has 1 heterocycles. The van der Waals surface area contributed by atoms with E-state index in [4.69, 9.17) is 10.5 Å². The van der Waals surface area contributed by atoms with Crippen LogP contribution in [0.25, 0.3) is 0 Å². The standard InChI is InChI=1S/C16H25N3O2/c1-3-21-15-7-5-4-6-13(15)11-19-9-8-18(2)10-14(12-19)16(17)20/h4-7,14H,3,8-12H2,1-2H3,(H2,17,20). The van der Waals surface area contributed by atoms with Gasteiger partial charge in [0.2, 0.25) is 5.91 Å². The summed E-state index contributed by atoms with van der Waals surface area (Å²) in [6, 6.07) is 8.08. The van der Waals surface area contributed by atoms with Gasteiger partial charge >= 0.3 is 0 Å². The fourth-order valence-corrected chi connectivity index (χ4v) is 2.74. The molecular weight excluding hydrogens is 266 g/mol. The minimum atomic E-state index is -0.216. The van der Waals surface area contributed by atoms with E-state index in [1.54, 1.807) is 0 Å². The number of para-hydroxylation sites is 1. The second kappa shape index (κ2) is 7.43. The Kier molecular flexibility index (Phi) is 5.59. The Hall–Kier alpha value is -1.59. The predicted octanol–water partition coefficient (Wildman–Crippen LogP) is 0.934. The first-order chi connectivity index (χ1) is 10.1. The number of likely N-dealkylation sites (N-methyl/N-ethyl adjacent to an activating group) is 1. The van der Waals surface area contributed by atoms with Crippen molar-refractivity contribution in [2.45, 2.75) is 13.5 Å². The Labute approximate surface area is 126 Å². The van der Waals surface area contributed by atoms with Crippen molar-refractivity contribution in [3.05, 3.63) is 29.8 Å². The number of ether oxygens (including phenoxy) is 1. The lowest BCUT2D eigenvalue weighted by Crippen LogP contribution is -2.37. The largest absolute Gasteiger partial charge is 0.494 e. The molecule has 1 aromatic rings. The molecule has 0 radical (unpaired) electrons. The lowest BCUT2D eigenvalue weighted by molar-refractivity contribution is -0.122. The molecule has 1 fully saturated rings. The molecule has 0 spiro atoms. The summed E-state index contributed by atoms with van der Waals surface area (Å²) in [7, 11) is 2.04. The van der Waals surface area contributed by atoms with Gasteiger partial charge in [0.1, 0.15) is 5.75 Å². The average molecular weight is 291 g/mol. The van der Waals surface area contributed by atoms with Gasteiger partial charge in [0, 0.05) is 38.3 Å². The first-order valence-corrected chi connectivity index (χ1v) is 7.51. The van der Waals surface area contributed by atoms with E-state index in [1.165, 1.54) is 0 Å². The highest BCUT2D eigenvalue weighted by molar-refractivity contribution is 5.77. The Morgan fingerprint density at radius 1 is 1.33 bits per heavy atom. The van der Waals surface area contributed by atoms with Crippen LogP contribution in [-0.4, -0.2) is 55.5 Å². The maximum Gasteiger partial charge on any atom is 0.223 e. The van der Waals surface area contributed by atoms with E-state index in [2.05, 4.69) is 15.9 Å². The summed E-state index contributed by atoms with van der Waals surface area (Å²) in [5.41, 5.74) is 6.67. The van der Waals surface area contributed by atoms with Crippen LogP contribution in [0.2, 0.25) is 0 Å². The zero-order valence-corrected chi connectivity index (χ0v) is 12.9. The Morgan fingerprint density at radius 2 is 2.10 bits per heavy atom. The van der Waals surface area contributed by atoms with Crippen LogP contribution in [0.5, 0.6) is 5.75 Å². The Balaban J connectivity index is 2.09. The average Bonchev–Trinajstić information content (AvgIpc) is 2.64. The first-order valence-electron chi connectivity index (χ1n) is 7.51. The van der Waals surface area contributed by atoms with Gasteiger partial charge in [-0.3, -0.25) is 9.69 Å². The number of carbonyl (C=O) groups is 1. The lowest BCUT2D eigenvalue weighted by Gasteiger charge is -2.23. The van der Waals surface area contributed by atoms with Gasteiger partial charge in [-0.05, 0) is 20.0 Å². The van der Waals surface area contributed by atoms with E-state index in [-0.39, 0.29) is 11.8 Å². The van der Waals surface area contributed by atoms with Gasteiger partial charge in [0.25, 0.3) is 0 Å². The SMILES string of the molecule is CCOc1ccccc1CN1CCN(C)CC(C(N)=O)C1. The Morgan fingerprint density at radius 3 is 2.81 bits per heavy atom. The molecule has 1 atom stereocenters. The van der Waals surface area contributed by atoms with E-state index in [1.807, 2.05) is 32.2 Å². The van der Waals surface area contributed by atoms with Gasteiger partial charge in [0.15, 0.2) is 0 Å². The van der Waals surface area contributed by atoms with E-state index < -0.39 is 0 Å². The third-order valence-corrected chi connectivity index (χ3v) is 3.88. The molecule has 116 valence electrons. The number of hydrogen-bond acceptors (Lipinski definition) is 4. The molecule has 21 heavy (non-hydrogen) atoms. The smallest absolute Gasteiger partial charge is 0.223 e. The Bertz CT molecular complexity index is 478. The molecule has 2 N–H and O–H groups in total. The van der Waals surface area contributed by atoms with Crippen molar-refractivity contribution in [3.63, 3.8) is 0 Å². The molecular formula is C16H25N3O2. The second-order valence-corrected chi connectivity index (χ2v) is 5.64. The third-order valence-electron chi connectivity index (χ3n) is 3.88. The number of amides is 1. The van der Waals surface area contributed by atoms with Crippen LogP contribution in [0.1, 0.15) is 12.5 Å². The van der Waals surface area contributed by atoms with E-state index >= 15 is 0 Å². The zero-order chi connectivity index (χ0) is 15.2. The maximum absolute atomic E-state index is 11.6. The number of benzene rings is 1. The molecule has 0 aromatic heterocycles. The topological polar surface area (TPSA) is 58.8 Å². The highest BCUT2D eigenvalue weighted by Crippen LogP contribution is 2.21. The maximum atomic E-state index is 11.6. The monoisotopic (exact) mass is 291 g/mol. The molecule has 2 rings (SSSR count). The van der Waals surface area contributed by atoms with Crippen LogP contribution >= 0.6 is 0 Å². The number of hydrogen-bond donors (Lipinski definition) is 1. The van der Waals surface area contributed by atoms with E-state index in [9.17, 15) is 4.79 Å². The van der Waals surface area contributed by atoms with Gasteiger partial charge in [-0.1, -0.05) is 18.2 Å². The van der Waals surface area contributed by atoms with Crippen LogP contribution in [0.3, 0.4) is 0 Å². The van der Waals surface area contributed by atoms with Crippen LogP contribution < -0.4 is 10.5 Å². The van der Waals surface area contributed by atoms with Crippen molar-refractivity contribution < 1.29 is 9.53 Å². The zero-order valence-electron chi connectivity index (χ0n) is 12.9. The summed E-state index contributed by atoms with van der Waals surface area (Å²) in [6.07, 6.45) is 0. The fraction of sp³-hybridized carbons (Fsp3) is 0.562. The summed E-state index contributed by atoms with van der Waals surface area (Å²) in [5.74, 6) is 0.594. The minimum Gasteiger partial charge on any atom is -0.494 e.